The maximum atomic E-state index is 15.5. The maximum absolute atomic E-state index is 15.5. The Morgan fingerprint density at radius 3 is 1.48 bits per heavy atom. The number of carbonyl (C=O) groups is 1. The highest BCUT2D eigenvalue weighted by atomic mass is 33.2. The summed E-state index contributed by atoms with van der Waals surface area (Å²) in [7, 11) is 0. The summed E-state index contributed by atoms with van der Waals surface area (Å²) < 4.78 is 9.84. The van der Waals surface area contributed by atoms with E-state index >= 15 is 4.79 Å². The molecule has 1 N–H and O–H groups in total. The van der Waals surface area contributed by atoms with Crippen LogP contribution in [0.25, 0.3) is 0 Å². The zero-order valence-corrected chi connectivity index (χ0v) is 57.1. The molecule has 5 atom stereocenters. The van der Waals surface area contributed by atoms with Crippen molar-refractivity contribution in [2.24, 2.45) is 0 Å². The molecule has 4 aromatic rings. The lowest BCUT2D eigenvalue weighted by Gasteiger charge is -2.39. The van der Waals surface area contributed by atoms with Crippen molar-refractivity contribution in [2.45, 2.75) is 273 Å². The SMILES string of the molecule is CCCCCCCCCCc1ccccc1OC(CCCCCCC)CCP(=S)(Sc1ccccc1)SC(C)C(=O)NC(CCCCCCCCCC)(Oc1ccccc1)SP(=S)(CCCCCCCCCC)Sc1ccccc1. The first-order valence-electron chi connectivity index (χ1n) is 31.9. The van der Waals surface area contributed by atoms with Crippen molar-refractivity contribution in [3.8, 4) is 11.5 Å². The van der Waals surface area contributed by atoms with Crippen molar-refractivity contribution in [1.82, 2.24) is 5.32 Å². The predicted molar refractivity (Wildman–Crippen MR) is 370 cm³/mol. The topological polar surface area (TPSA) is 47.6 Å². The summed E-state index contributed by atoms with van der Waals surface area (Å²) in [6, 6.07) is 40.4. The fourth-order valence-electron chi connectivity index (χ4n) is 10.1. The van der Waals surface area contributed by atoms with Gasteiger partial charge in [0.15, 0.2) is 0 Å². The third-order valence-electron chi connectivity index (χ3n) is 14.9. The van der Waals surface area contributed by atoms with Crippen molar-refractivity contribution in [3.05, 3.63) is 121 Å². The van der Waals surface area contributed by atoms with Gasteiger partial charge in [-0.15, -0.1) is 11.4 Å². The Hall–Kier alpha value is -1.35. The molecule has 1 amide bonds. The molecule has 4 aromatic carbocycles. The average molecular weight is 1240 g/mol. The second-order valence-corrected chi connectivity index (χ2v) is 46.3. The zero-order valence-electron chi connectivity index (χ0n) is 50.4. The van der Waals surface area contributed by atoms with E-state index in [1.165, 1.54) is 171 Å². The molecule has 0 aliphatic carbocycles. The van der Waals surface area contributed by atoms with E-state index in [0.29, 0.717) is 6.42 Å². The molecule has 0 saturated carbocycles. The van der Waals surface area contributed by atoms with Gasteiger partial charge in [-0.05, 0) is 124 Å². The van der Waals surface area contributed by atoms with Crippen molar-refractivity contribution >= 4 is 83.9 Å². The van der Waals surface area contributed by atoms with Crippen LogP contribution in [0, 0.1) is 0 Å². The maximum Gasteiger partial charge on any atom is 0.236 e. The molecule has 12 heteroatoms. The molecular formula is C68H107NO3P2S6. The molecule has 0 saturated heterocycles. The number of hydrogen-bond acceptors (Lipinski definition) is 9. The number of para-hydroxylation sites is 2. The largest absolute Gasteiger partial charge is 0.490 e. The van der Waals surface area contributed by atoms with Crippen molar-refractivity contribution in [3.63, 3.8) is 0 Å². The van der Waals surface area contributed by atoms with Gasteiger partial charge in [0.25, 0.3) is 0 Å². The summed E-state index contributed by atoms with van der Waals surface area (Å²) in [5, 5.41) is 2.21. The monoisotopic (exact) mass is 1240 g/mol. The van der Waals surface area contributed by atoms with E-state index in [1.54, 1.807) is 22.8 Å². The third-order valence-corrected chi connectivity index (χ3v) is 35.3. The van der Waals surface area contributed by atoms with Gasteiger partial charge >= 0.3 is 0 Å². The molecule has 5 unspecified atom stereocenters. The summed E-state index contributed by atoms with van der Waals surface area (Å²) in [6.45, 7) is 11.2. The number of rotatable bonds is 50. The van der Waals surface area contributed by atoms with Crippen molar-refractivity contribution < 1.29 is 14.3 Å². The van der Waals surface area contributed by atoms with Crippen molar-refractivity contribution in [2.75, 3.05) is 12.3 Å². The highest BCUT2D eigenvalue weighted by molar-refractivity contribution is 9.01. The number of aryl methyl sites for hydroxylation is 1. The van der Waals surface area contributed by atoms with E-state index in [4.69, 9.17) is 33.1 Å². The average Bonchev–Trinajstić information content (AvgIpc) is 3.50. The van der Waals surface area contributed by atoms with Gasteiger partial charge in [0.1, 0.15) is 11.5 Å². The molecule has 0 aromatic heterocycles. The lowest BCUT2D eigenvalue weighted by Crippen LogP contribution is -2.52. The minimum atomic E-state index is -2.34. The molecule has 0 spiro atoms. The van der Waals surface area contributed by atoms with Crippen LogP contribution < -0.4 is 14.8 Å². The van der Waals surface area contributed by atoms with Crippen LogP contribution in [0.4, 0.5) is 0 Å². The summed E-state index contributed by atoms with van der Waals surface area (Å²) in [6.07, 6.45) is 41.5. The fourth-order valence-corrected chi connectivity index (χ4v) is 32.7. The minimum Gasteiger partial charge on any atom is -0.490 e. The molecule has 0 heterocycles. The first-order valence-corrected chi connectivity index (χ1v) is 43.6. The number of hydrogen-bond donors (Lipinski definition) is 1. The Kier molecular flexibility index (Phi) is 39.3. The molecule has 0 fully saturated rings. The van der Waals surface area contributed by atoms with E-state index in [0.717, 1.165) is 73.7 Å². The Labute approximate surface area is 516 Å². The van der Waals surface area contributed by atoms with Crippen LogP contribution in [0.2, 0.25) is 0 Å². The highest BCUT2D eigenvalue weighted by Crippen LogP contribution is 2.76. The first kappa shape index (κ1) is 71.1. The standard InChI is InChI=1S/C68H107NO3P2S6/c1-6-10-14-18-21-24-28-34-46-61-47-42-43-55-66(61)71-62(48-35-27-17-13-9-4)56-59-73(75,78-64-51-38-32-39-52-64)77-60(5)67(70)69-68(72-63-49-36-31-37-50-63,57-44-29-25-22-19-15-11-7-2)80-74(76,79-65-53-40-33-41-54-65)58-45-30-26-23-20-16-12-8-3/h31-33,36-43,47,49-55,60,62H,6-30,34-35,44-46,48,56-59H2,1-5H3,(H,69,70). The van der Waals surface area contributed by atoms with E-state index in [9.17, 15) is 0 Å². The Bertz CT molecular complexity index is 2260. The first-order chi connectivity index (χ1) is 39.0. The van der Waals surface area contributed by atoms with E-state index in [2.05, 4.69) is 125 Å². The van der Waals surface area contributed by atoms with E-state index in [1.807, 2.05) is 53.1 Å². The molecule has 80 heavy (non-hydrogen) atoms. The van der Waals surface area contributed by atoms with Gasteiger partial charge in [0.05, 0.1) is 20.2 Å². The van der Waals surface area contributed by atoms with E-state index in [-0.39, 0.29) is 12.0 Å². The van der Waals surface area contributed by atoms with Crippen LogP contribution in [0.1, 0.15) is 246 Å². The van der Waals surface area contributed by atoms with Gasteiger partial charge in [-0.2, -0.15) is 0 Å². The minimum absolute atomic E-state index is 0.0298. The van der Waals surface area contributed by atoms with Crippen LogP contribution in [0.15, 0.2) is 125 Å². The van der Waals surface area contributed by atoms with Crippen LogP contribution in [-0.2, 0) is 34.8 Å². The molecule has 0 bridgehead atoms. The second kappa shape index (κ2) is 44.2. The van der Waals surface area contributed by atoms with Crippen LogP contribution in [-0.4, -0.2) is 34.6 Å². The van der Waals surface area contributed by atoms with Crippen LogP contribution in [0.3, 0.4) is 0 Å². The number of carbonyl (C=O) groups excluding carboxylic acids is 1. The van der Waals surface area contributed by atoms with Gasteiger partial charge in [0.2, 0.25) is 11.0 Å². The normalized spacial score (nSPS) is 14.6. The van der Waals surface area contributed by atoms with Gasteiger partial charge < -0.3 is 14.8 Å². The summed E-state index contributed by atoms with van der Waals surface area (Å²) >= 11 is 21.2. The lowest BCUT2D eigenvalue weighted by atomic mass is 10.0. The lowest BCUT2D eigenvalue weighted by molar-refractivity contribution is -0.123. The number of benzene rings is 4. The number of unbranched alkanes of at least 4 members (excludes halogenated alkanes) is 25. The summed E-state index contributed by atoms with van der Waals surface area (Å²) in [5.74, 6) is 1.76. The molecular weight excluding hydrogens is 1130 g/mol. The van der Waals surface area contributed by atoms with Gasteiger partial charge in [-0.1, -0.05) is 307 Å². The molecule has 4 nitrogen and oxygen atoms in total. The van der Waals surface area contributed by atoms with Gasteiger partial charge in [0, 0.05) is 16.2 Å². The smallest absolute Gasteiger partial charge is 0.236 e. The number of nitrogens with one attached hydrogen (secondary N) is 1. The van der Waals surface area contributed by atoms with E-state index < -0.39 is 19.2 Å². The van der Waals surface area contributed by atoms with Gasteiger partial charge in [-0.25, -0.2) is 0 Å². The van der Waals surface area contributed by atoms with Crippen molar-refractivity contribution in [1.29, 1.82) is 0 Å². The van der Waals surface area contributed by atoms with Gasteiger partial charge in [-0.3, -0.25) is 4.79 Å². The molecule has 0 radical (unpaired) electrons. The Morgan fingerprint density at radius 2 is 0.938 bits per heavy atom. The highest BCUT2D eigenvalue weighted by Gasteiger charge is 2.42. The predicted octanol–water partition coefficient (Wildman–Crippen LogP) is 24.4. The fraction of sp³-hybridized carbons (Fsp3) is 0.632. The Morgan fingerprint density at radius 1 is 0.500 bits per heavy atom. The molecule has 0 aliphatic heterocycles. The second-order valence-electron chi connectivity index (χ2n) is 22.2. The number of amides is 1. The van der Waals surface area contributed by atoms with Crippen LogP contribution >= 0.6 is 54.4 Å². The third kappa shape index (κ3) is 31.7. The number of ether oxygens (including phenoxy) is 2. The quantitative estimate of drug-likeness (QED) is 0.0265. The molecule has 4 rings (SSSR count). The van der Waals surface area contributed by atoms with Crippen LogP contribution in [0.5, 0.6) is 11.5 Å². The summed E-state index contributed by atoms with van der Waals surface area (Å²) in [4.78, 5) is 17.8. The zero-order chi connectivity index (χ0) is 57.3. The molecule has 0 aliphatic rings. The molecule has 448 valence electrons. The Balaban J connectivity index is 1.65. The summed E-state index contributed by atoms with van der Waals surface area (Å²) in [5.41, 5.74) is 1.32.